The largest absolute Gasteiger partial charge is 0.486 e. The number of nitrogens with zero attached hydrogens (tertiary/aromatic N) is 1. The van der Waals surface area contributed by atoms with Crippen molar-refractivity contribution in [2.24, 2.45) is 5.92 Å². The summed E-state index contributed by atoms with van der Waals surface area (Å²) in [7, 11) is 0. The standard InChI is InChI=1S/C24H30N2O6/c27-10-9-25-23(29)16-12-17(21(28)22-20(16)15-4-1-2-5-18(15)32-22)26(13-14-7-8-14)24(30)19-6-3-11-31-19/h1-2,4-5,12,14,17,19-22,27-28H,3,6-11,13H2,(H,25,29)/t17-,19?,20+,21+,22+/m1/s1. The van der Waals surface area contributed by atoms with Crippen LogP contribution in [-0.4, -0.2) is 77.6 Å². The summed E-state index contributed by atoms with van der Waals surface area (Å²) in [4.78, 5) is 28.2. The number of amides is 2. The Balaban J connectivity index is 1.51. The normalized spacial score (nSPS) is 30.7. The molecule has 0 bridgehead atoms. The molecular formula is C24H30N2O6. The molecule has 172 valence electrons. The van der Waals surface area contributed by atoms with Gasteiger partial charge in [0.05, 0.1) is 18.6 Å². The van der Waals surface area contributed by atoms with Crippen LogP contribution in [0.15, 0.2) is 35.9 Å². The summed E-state index contributed by atoms with van der Waals surface area (Å²) in [5.41, 5.74) is 1.31. The number of hydrogen-bond acceptors (Lipinski definition) is 6. The second kappa shape index (κ2) is 8.84. The zero-order valence-corrected chi connectivity index (χ0v) is 18.0. The highest BCUT2D eigenvalue weighted by Crippen LogP contribution is 2.47. The van der Waals surface area contributed by atoms with Crippen molar-refractivity contribution in [2.45, 2.75) is 56.0 Å². The molecule has 0 aromatic heterocycles. The van der Waals surface area contributed by atoms with E-state index in [1.54, 1.807) is 11.0 Å². The molecule has 3 N–H and O–H groups in total. The number of hydrogen-bond donors (Lipinski definition) is 3. The van der Waals surface area contributed by atoms with Crippen LogP contribution < -0.4 is 10.1 Å². The molecule has 2 heterocycles. The predicted octanol–water partition coefficient (Wildman–Crippen LogP) is 0.727. The number of rotatable bonds is 7. The van der Waals surface area contributed by atoms with Crippen molar-refractivity contribution < 1.29 is 29.3 Å². The third-order valence-corrected chi connectivity index (χ3v) is 6.88. The minimum atomic E-state index is -0.981. The Kier molecular flexibility index (Phi) is 5.92. The van der Waals surface area contributed by atoms with Crippen LogP contribution in [0.25, 0.3) is 0 Å². The molecule has 0 radical (unpaired) electrons. The van der Waals surface area contributed by atoms with Gasteiger partial charge in [0.1, 0.15) is 24.1 Å². The van der Waals surface area contributed by atoms with E-state index in [4.69, 9.17) is 9.47 Å². The molecule has 2 fully saturated rings. The Morgan fingerprint density at radius 1 is 1.19 bits per heavy atom. The Morgan fingerprint density at radius 2 is 2.00 bits per heavy atom. The van der Waals surface area contributed by atoms with Gasteiger partial charge in [-0.15, -0.1) is 0 Å². The van der Waals surface area contributed by atoms with E-state index in [0.29, 0.717) is 36.8 Å². The van der Waals surface area contributed by atoms with Crippen molar-refractivity contribution in [1.29, 1.82) is 0 Å². The smallest absolute Gasteiger partial charge is 0.252 e. The lowest BCUT2D eigenvalue weighted by Crippen LogP contribution is -2.57. The van der Waals surface area contributed by atoms with Crippen molar-refractivity contribution in [2.75, 3.05) is 26.3 Å². The second-order valence-electron chi connectivity index (χ2n) is 9.12. The number of para-hydroxylation sites is 1. The van der Waals surface area contributed by atoms with Gasteiger partial charge in [0.25, 0.3) is 5.91 Å². The van der Waals surface area contributed by atoms with Crippen LogP contribution in [0, 0.1) is 5.92 Å². The third-order valence-electron chi connectivity index (χ3n) is 6.88. The monoisotopic (exact) mass is 442 g/mol. The molecule has 8 nitrogen and oxygen atoms in total. The Morgan fingerprint density at radius 3 is 2.72 bits per heavy atom. The van der Waals surface area contributed by atoms with Crippen molar-refractivity contribution in [3.8, 4) is 5.75 Å². The number of aliphatic hydroxyl groups excluding tert-OH is 2. The Bertz CT molecular complexity index is 908. The highest BCUT2D eigenvalue weighted by Gasteiger charge is 2.51. The summed E-state index contributed by atoms with van der Waals surface area (Å²) >= 11 is 0. The molecule has 32 heavy (non-hydrogen) atoms. The number of ether oxygens (including phenoxy) is 2. The molecule has 1 aromatic rings. The molecule has 5 atom stereocenters. The first-order valence-electron chi connectivity index (χ1n) is 11.5. The number of aliphatic hydroxyl groups is 2. The first kappa shape index (κ1) is 21.4. The van der Waals surface area contributed by atoms with Gasteiger partial charge >= 0.3 is 0 Å². The van der Waals surface area contributed by atoms with E-state index < -0.39 is 30.3 Å². The van der Waals surface area contributed by atoms with E-state index in [0.717, 1.165) is 24.8 Å². The highest BCUT2D eigenvalue weighted by molar-refractivity contribution is 5.96. The van der Waals surface area contributed by atoms with Crippen LogP contribution in [0.5, 0.6) is 5.75 Å². The minimum absolute atomic E-state index is 0.126. The summed E-state index contributed by atoms with van der Waals surface area (Å²) < 4.78 is 11.8. The van der Waals surface area contributed by atoms with Gasteiger partial charge in [-0.05, 0) is 43.7 Å². The molecule has 2 aliphatic heterocycles. The number of carbonyl (C=O) groups is 2. The van der Waals surface area contributed by atoms with E-state index in [2.05, 4.69) is 5.32 Å². The zero-order valence-electron chi connectivity index (χ0n) is 18.0. The van der Waals surface area contributed by atoms with Crippen molar-refractivity contribution in [1.82, 2.24) is 10.2 Å². The van der Waals surface area contributed by atoms with Crippen LogP contribution in [0.3, 0.4) is 0 Å². The summed E-state index contributed by atoms with van der Waals surface area (Å²) in [6.07, 6.45) is 3.21. The quantitative estimate of drug-likeness (QED) is 0.575. The number of carbonyl (C=O) groups excluding carboxylic acids is 2. The summed E-state index contributed by atoms with van der Waals surface area (Å²) in [6, 6.07) is 6.79. The van der Waals surface area contributed by atoms with Gasteiger partial charge in [-0.1, -0.05) is 18.2 Å². The first-order chi connectivity index (χ1) is 15.6. The van der Waals surface area contributed by atoms with Gasteiger partial charge in [-0.25, -0.2) is 0 Å². The minimum Gasteiger partial charge on any atom is -0.486 e. The summed E-state index contributed by atoms with van der Waals surface area (Å²) in [6.45, 7) is 1.06. The van der Waals surface area contributed by atoms with Gasteiger partial charge in [0.2, 0.25) is 5.91 Å². The van der Waals surface area contributed by atoms with Crippen molar-refractivity contribution in [3.05, 3.63) is 41.5 Å². The summed E-state index contributed by atoms with van der Waals surface area (Å²) in [5, 5.41) is 23.3. The number of nitrogens with one attached hydrogen (secondary N) is 1. The van der Waals surface area contributed by atoms with E-state index in [1.165, 1.54) is 0 Å². The van der Waals surface area contributed by atoms with Crippen LogP contribution in [-0.2, 0) is 14.3 Å². The van der Waals surface area contributed by atoms with Crippen LogP contribution in [0.1, 0.15) is 37.2 Å². The second-order valence-corrected chi connectivity index (χ2v) is 9.12. The fourth-order valence-electron chi connectivity index (χ4n) is 5.09. The van der Waals surface area contributed by atoms with Crippen molar-refractivity contribution in [3.63, 3.8) is 0 Å². The van der Waals surface area contributed by atoms with E-state index in [9.17, 15) is 19.8 Å². The average Bonchev–Trinajstić information content (AvgIpc) is 3.30. The molecule has 2 aliphatic carbocycles. The predicted molar refractivity (Wildman–Crippen MR) is 115 cm³/mol. The van der Waals surface area contributed by atoms with E-state index >= 15 is 0 Å². The lowest BCUT2D eigenvalue weighted by molar-refractivity contribution is -0.147. The maximum atomic E-state index is 13.4. The topological polar surface area (TPSA) is 108 Å². The molecule has 1 saturated carbocycles. The lowest BCUT2D eigenvalue weighted by atomic mass is 9.77. The maximum absolute atomic E-state index is 13.4. The van der Waals surface area contributed by atoms with Crippen LogP contribution in [0.2, 0.25) is 0 Å². The van der Waals surface area contributed by atoms with Crippen molar-refractivity contribution >= 4 is 11.8 Å². The molecular weight excluding hydrogens is 412 g/mol. The highest BCUT2D eigenvalue weighted by atomic mass is 16.5. The average molecular weight is 443 g/mol. The Hall–Kier alpha value is -2.42. The zero-order chi connectivity index (χ0) is 22.2. The van der Waals surface area contributed by atoms with Crippen LogP contribution >= 0.6 is 0 Å². The lowest BCUT2D eigenvalue weighted by Gasteiger charge is -2.41. The van der Waals surface area contributed by atoms with Gasteiger partial charge < -0.3 is 29.9 Å². The number of benzene rings is 1. The maximum Gasteiger partial charge on any atom is 0.252 e. The van der Waals surface area contributed by atoms with Gasteiger partial charge in [-0.2, -0.15) is 0 Å². The molecule has 1 aromatic carbocycles. The third kappa shape index (κ3) is 3.91. The van der Waals surface area contributed by atoms with E-state index in [1.807, 2.05) is 24.3 Å². The molecule has 1 unspecified atom stereocenters. The first-order valence-corrected chi connectivity index (χ1v) is 11.5. The molecule has 5 rings (SSSR count). The molecule has 8 heteroatoms. The van der Waals surface area contributed by atoms with Crippen LogP contribution in [0.4, 0.5) is 0 Å². The van der Waals surface area contributed by atoms with Gasteiger partial charge in [0, 0.05) is 30.8 Å². The molecule has 2 amide bonds. The fraction of sp³-hybridized carbons (Fsp3) is 0.583. The number of fused-ring (bicyclic) bond motifs is 3. The van der Waals surface area contributed by atoms with Gasteiger partial charge in [0.15, 0.2) is 0 Å². The molecule has 4 aliphatic rings. The SMILES string of the molecule is O=C(NCCO)C1=C[C@@H](N(CC2CC2)C(=O)C2CCCO2)[C@H](O)[C@H]2Oc3ccccc3[C@@H]12. The molecule has 1 saturated heterocycles. The fourth-order valence-corrected chi connectivity index (χ4v) is 5.09. The molecule has 0 spiro atoms. The van der Waals surface area contributed by atoms with E-state index in [-0.39, 0.29) is 25.0 Å². The van der Waals surface area contributed by atoms with Gasteiger partial charge in [-0.3, -0.25) is 9.59 Å². The summed E-state index contributed by atoms with van der Waals surface area (Å²) in [5.74, 6) is 0.173. The Labute approximate surface area is 187 Å².